The molecule has 0 amide bonds. The molecule has 0 aromatic rings. The molecular weight excluding hydrogens is 300 g/mol. The van der Waals surface area contributed by atoms with Crippen molar-refractivity contribution in [2.75, 3.05) is 0 Å². The number of allylic oxidation sites excluding steroid dienone is 2. The minimum Gasteiger partial charge on any atom is -0.0879 e. The first kappa shape index (κ1) is 19.5. The Bertz CT molecular complexity index is 461. The van der Waals surface area contributed by atoms with Crippen LogP contribution in [-0.4, -0.2) is 0 Å². The summed E-state index contributed by atoms with van der Waals surface area (Å²) in [7, 11) is 0. The van der Waals surface area contributed by atoms with Crippen LogP contribution in [0.4, 0.5) is 0 Å². The molecule has 0 radical (unpaired) electrons. The molecule has 25 heavy (non-hydrogen) atoms. The van der Waals surface area contributed by atoms with Crippen LogP contribution in [0.2, 0.25) is 0 Å². The topological polar surface area (TPSA) is 0 Å². The monoisotopic (exact) mass is 344 g/mol. The van der Waals surface area contributed by atoms with Crippen LogP contribution in [-0.2, 0) is 0 Å². The van der Waals surface area contributed by atoms with Crippen molar-refractivity contribution in [1.29, 1.82) is 0 Å². The van der Waals surface area contributed by atoms with Gasteiger partial charge in [0.15, 0.2) is 0 Å². The van der Waals surface area contributed by atoms with Crippen molar-refractivity contribution in [1.82, 2.24) is 0 Å². The van der Waals surface area contributed by atoms with E-state index in [9.17, 15) is 0 Å². The third-order valence-corrected chi connectivity index (χ3v) is 8.96. The van der Waals surface area contributed by atoms with E-state index in [4.69, 9.17) is 0 Å². The van der Waals surface area contributed by atoms with Crippen molar-refractivity contribution in [2.24, 2.45) is 40.9 Å². The van der Waals surface area contributed by atoms with Crippen LogP contribution < -0.4 is 0 Å². The van der Waals surface area contributed by atoms with Gasteiger partial charge in [-0.2, -0.15) is 0 Å². The Morgan fingerprint density at radius 1 is 0.960 bits per heavy atom. The highest BCUT2D eigenvalue weighted by Crippen LogP contribution is 2.64. The van der Waals surface area contributed by atoms with Crippen LogP contribution in [0.3, 0.4) is 0 Å². The zero-order valence-electron chi connectivity index (χ0n) is 17.8. The maximum atomic E-state index is 2.63. The fourth-order valence-corrected chi connectivity index (χ4v) is 7.94. The Balaban J connectivity index is 0.000000880. The van der Waals surface area contributed by atoms with E-state index in [1.807, 2.05) is 19.4 Å². The predicted molar refractivity (Wildman–Crippen MR) is 111 cm³/mol. The molecule has 0 nitrogen and oxygen atoms in total. The van der Waals surface area contributed by atoms with Gasteiger partial charge >= 0.3 is 0 Å². The molecule has 0 heteroatoms. The molecule has 0 aliphatic heterocycles. The first-order chi connectivity index (χ1) is 12.2. The molecule has 0 spiro atoms. The van der Waals surface area contributed by atoms with Gasteiger partial charge in [-0.25, -0.2) is 0 Å². The normalized spacial score (nSPS) is 47.3. The van der Waals surface area contributed by atoms with Crippen molar-refractivity contribution in [3.05, 3.63) is 11.6 Å². The fourth-order valence-electron chi connectivity index (χ4n) is 7.94. The van der Waals surface area contributed by atoms with Crippen molar-refractivity contribution in [2.45, 2.75) is 105 Å². The van der Waals surface area contributed by atoms with Crippen LogP contribution in [0.5, 0.6) is 0 Å². The van der Waals surface area contributed by atoms with Crippen LogP contribution in [0.1, 0.15) is 105 Å². The minimum atomic E-state index is 0.585. The first-order valence-electron chi connectivity index (χ1n) is 11.8. The second-order valence-electron chi connectivity index (χ2n) is 9.71. The zero-order chi connectivity index (χ0) is 18.0. The molecule has 4 aliphatic rings. The average Bonchev–Trinajstić information content (AvgIpc) is 2.99. The summed E-state index contributed by atoms with van der Waals surface area (Å²) in [6.07, 6.45) is 19.2. The Hall–Kier alpha value is -0.260. The second-order valence-corrected chi connectivity index (χ2v) is 9.71. The van der Waals surface area contributed by atoms with E-state index in [0.29, 0.717) is 5.41 Å². The van der Waals surface area contributed by atoms with Gasteiger partial charge in [0.1, 0.15) is 0 Å². The maximum absolute atomic E-state index is 2.63. The molecule has 4 saturated carbocycles. The lowest BCUT2D eigenvalue weighted by Gasteiger charge is -2.55. The van der Waals surface area contributed by atoms with Crippen LogP contribution in [0, 0.1) is 40.9 Å². The molecule has 0 saturated heterocycles. The summed E-state index contributed by atoms with van der Waals surface area (Å²) in [5.41, 5.74) is 2.40. The molecule has 0 heterocycles. The van der Waals surface area contributed by atoms with Gasteiger partial charge in [-0.1, -0.05) is 58.6 Å². The molecule has 0 bridgehead atoms. The highest BCUT2D eigenvalue weighted by atomic mass is 14.6. The summed E-state index contributed by atoms with van der Waals surface area (Å²) in [5.74, 6) is 6.50. The highest BCUT2D eigenvalue weighted by Gasteiger charge is 2.54. The SMILES string of the molecule is C/C=C1/CCC2C3CCC4CC(CCC)CCC4C3CCC12C.CC. The summed E-state index contributed by atoms with van der Waals surface area (Å²) in [5, 5.41) is 0. The van der Waals surface area contributed by atoms with E-state index < -0.39 is 0 Å². The van der Waals surface area contributed by atoms with Gasteiger partial charge in [0.2, 0.25) is 0 Å². The van der Waals surface area contributed by atoms with Crippen molar-refractivity contribution in [3.8, 4) is 0 Å². The minimum absolute atomic E-state index is 0.585. The lowest BCUT2D eigenvalue weighted by atomic mass is 9.49. The molecule has 0 N–H and O–H groups in total. The maximum Gasteiger partial charge on any atom is -0.00853 e. The molecule has 7 atom stereocenters. The van der Waals surface area contributed by atoms with E-state index in [1.54, 1.807) is 38.5 Å². The number of rotatable bonds is 2. The lowest BCUT2D eigenvalue weighted by molar-refractivity contribution is -0.0489. The Kier molecular flexibility index (Phi) is 6.38. The third kappa shape index (κ3) is 3.37. The molecule has 4 fully saturated rings. The summed E-state index contributed by atoms with van der Waals surface area (Å²) >= 11 is 0. The average molecular weight is 345 g/mol. The van der Waals surface area contributed by atoms with E-state index in [0.717, 1.165) is 35.5 Å². The smallest absolute Gasteiger partial charge is 0.00853 e. The standard InChI is InChI=1S/C23H38.C2H6/c1-4-6-16-7-10-19-17(15-16)8-11-21-20(19)13-14-23(3)18(5-2)9-12-22(21)23;1-2/h5,16-17,19-22H,4,6-15H2,1-3H3;1-2H3/b18-5-;. The Labute approximate surface area is 158 Å². The molecule has 0 aromatic heterocycles. The second kappa shape index (κ2) is 8.18. The summed E-state index contributed by atoms with van der Waals surface area (Å²) in [4.78, 5) is 0. The molecule has 144 valence electrons. The van der Waals surface area contributed by atoms with Crippen LogP contribution in [0.15, 0.2) is 11.6 Å². The largest absolute Gasteiger partial charge is 0.0879 e. The Morgan fingerprint density at radius 3 is 2.44 bits per heavy atom. The van der Waals surface area contributed by atoms with E-state index in [-0.39, 0.29) is 0 Å². The summed E-state index contributed by atoms with van der Waals surface area (Å²) in [6, 6.07) is 0. The first-order valence-corrected chi connectivity index (χ1v) is 11.8. The summed E-state index contributed by atoms with van der Waals surface area (Å²) < 4.78 is 0. The van der Waals surface area contributed by atoms with Gasteiger partial charge in [0.05, 0.1) is 0 Å². The lowest BCUT2D eigenvalue weighted by Crippen LogP contribution is -2.47. The molecular formula is C25H44. The fraction of sp³-hybridized carbons (Fsp3) is 0.920. The molecule has 4 rings (SSSR count). The van der Waals surface area contributed by atoms with Crippen LogP contribution in [0.25, 0.3) is 0 Å². The highest BCUT2D eigenvalue weighted by molar-refractivity contribution is 5.23. The predicted octanol–water partition coefficient (Wildman–Crippen LogP) is 8.03. The van der Waals surface area contributed by atoms with Gasteiger partial charge in [-0.05, 0) is 99.2 Å². The molecule has 7 unspecified atom stereocenters. The van der Waals surface area contributed by atoms with Crippen molar-refractivity contribution in [3.63, 3.8) is 0 Å². The van der Waals surface area contributed by atoms with E-state index in [1.165, 1.54) is 32.1 Å². The number of hydrogen-bond donors (Lipinski definition) is 0. The summed E-state index contributed by atoms with van der Waals surface area (Å²) in [6.45, 7) is 11.3. The van der Waals surface area contributed by atoms with E-state index >= 15 is 0 Å². The van der Waals surface area contributed by atoms with Crippen LogP contribution >= 0.6 is 0 Å². The van der Waals surface area contributed by atoms with Gasteiger partial charge in [-0.15, -0.1) is 0 Å². The van der Waals surface area contributed by atoms with Gasteiger partial charge in [0.25, 0.3) is 0 Å². The Morgan fingerprint density at radius 2 is 1.72 bits per heavy atom. The van der Waals surface area contributed by atoms with Crippen molar-refractivity contribution >= 4 is 0 Å². The zero-order valence-corrected chi connectivity index (χ0v) is 17.8. The van der Waals surface area contributed by atoms with Gasteiger partial charge in [0, 0.05) is 0 Å². The third-order valence-electron chi connectivity index (χ3n) is 8.96. The molecule has 0 aromatic carbocycles. The van der Waals surface area contributed by atoms with Gasteiger partial charge in [-0.3, -0.25) is 0 Å². The number of hydrogen-bond acceptors (Lipinski definition) is 0. The van der Waals surface area contributed by atoms with Crippen molar-refractivity contribution < 1.29 is 0 Å². The number of fused-ring (bicyclic) bond motifs is 5. The molecule has 4 aliphatic carbocycles. The quantitative estimate of drug-likeness (QED) is 0.445. The van der Waals surface area contributed by atoms with E-state index in [2.05, 4.69) is 26.8 Å². The van der Waals surface area contributed by atoms with Gasteiger partial charge < -0.3 is 0 Å².